The first-order valence-electron chi connectivity index (χ1n) is 5.21. The molecule has 0 atom stereocenters. The van der Waals surface area contributed by atoms with Gasteiger partial charge in [-0.3, -0.25) is 9.59 Å². The second kappa shape index (κ2) is 5.34. The number of hydrogen-bond acceptors (Lipinski definition) is 2. The number of hydrogen-bond donors (Lipinski definition) is 2. The number of aromatic amines is 1. The Kier molecular flexibility index (Phi) is 4.10. The quantitative estimate of drug-likeness (QED) is 0.790. The highest BCUT2D eigenvalue weighted by Gasteiger charge is 2.19. The van der Waals surface area contributed by atoms with E-state index in [1.54, 1.807) is 19.2 Å². The number of amides is 1. The molecule has 0 unspecified atom stereocenters. The molecule has 5 nitrogen and oxygen atoms in total. The SMILES string of the molecule is CCCN(CC(=O)O)C(=O)c1cc[nH]c1C. The molecule has 1 amide bonds. The van der Waals surface area contributed by atoms with Crippen LogP contribution in [0.1, 0.15) is 29.4 Å². The lowest BCUT2D eigenvalue weighted by atomic mass is 10.2. The molecule has 16 heavy (non-hydrogen) atoms. The van der Waals surface area contributed by atoms with E-state index in [-0.39, 0.29) is 12.5 Å². The van der Waals surface area contributed by atoms with Gasteiger partial charge >= 0.3 is 5.97 Å². The minimum Gasteiger partial charge on any atom is -0.480 e. The van der Waals surface area contributed by atoms with Crippen LogP contribution in [0.5, 0.6) is 0 Å². The molecule has 1 rings (SSSR count). The van der Waals surface area contributed by atoms with E-state index in [1.165, 1.54) is 4.90 Å². The van der Waals surface area contributed by atoms with E-state index in [9.17, 15) is 9.59 Å². The zero-order chi connectivity index (χ0) is 12.1. The maximum Gasteiger partial charge on any atom is 0.323 e. The Hall–Kier alpha value is -1.78. The van der Waals surface area contributed by atoms with Crippen molar-refractivity contribution in [3.8, 4) is 0 Å². The fraction of sp³-hybridized carbons (Fsp3) is 0.455. The minimum atomic E-state index is -0.991. The predicted octanol–water partition coefficient (Wildman–Crippen LogP) is 1.26. The second-order valence-electron chi connectivity index (χ2n) is 3.64. The third-order valence-corrected chi connectivity index (χ3v) is 2.29. The Labute approximate surface area is 94.1 Å². The molecule has 0 bridgehead atoms. The van der Waals surface area contributed by atoms with Crippen molar-refractivity contribution in [3.63, 3.8) is 0 Å². The van der Waals surface area contributed by atoms with Crippen molar-refractivity contribution in [1.82, 2.24) is 9.88 Å². The highest BCUT2D eigenvalue weighted by molar-refractivity contribution is 5.96. The van der Waals surface area contributed by atoms with Gasteiger partial charge in [0.25, 0.3) is 5.91 Å². The molecule has 2 N–H and O–H groups in total. The molecule has 1 aromatic heterocycles. The molecule has 88 valence electrons. The lowest BCUT2D eigenvalue weighted by molar-refractivity contribution is -0.137. The summed E-state index contributed by atoms with van der Waals surface area (Å²) in [6.45, 7) is 3.90. The molecule has 0 saturated carbocycles. The van der Waals surface area contributed by atoms with Crippen LogP contribution in [0.2, 0.25) is 0 Å². The lowest BCUT2D eigenvalue weighted by Crippen LogP contribution is -2.36. The molecule has 0 radical (unpaired) electrons. The van der Waals surface area contributed by atoms with Crippen LogP contribution in [0.25, 0.3) is 0 Å². The van der Waals surface area contributed by atoms with Crippen molar-refractivity contribution < 1.29 is 14.7 Å². The Balaban J connectivity index is 2.82. The van der Waals surface area contributed by atoms with Crippen molar-refractivity contribution in [1.29, 1.82) is 0 Å². The number of aryl methyl sites for hydroxylation is 1. The summed E-state index contributed by atoms with van der Waals surface area (Å²) in [6.07, 6.45) is 2.41. The molecule has 0 aromatic carbocycles. The summed E-state index contributed by atoms with van der Waals surface area (Å²) >= 11 is 0. The van der Waals surface area contributed by atoms with Crippen molar-refractivity contribution in [3.05, 3.63) is 23.5 Å². The predicted molar refractivity (Wildman–Crippen MR) is 59.4 cm³/mol. The topological polar surface area (TPSA) is 73.4 Å². The zero-order valence-corrected chi connectivity index (χ0v) is 9.49. The first kappa shape index (κ1) is 12.3. The normalized spacial score (nSPS) is 10.1. The highest BCUT2D eigenvalue weighted by Crippen LogP contribution is 2.09. The van der Waals surface area contributed by atoms with E-state index in [2.05, 4.69) is 4.98 Å². The third-order valence-electron chi connectivity index (χ3n) is 2.29. The van der Waals surface area contributed by atoms with E-state index in [0.717, 1.165) is 12.1 Å². The zero-order valence-electron chi connectivity index (χ0n) is 9.49. The van der Waals surface area contributed by atoms with Gasteiger partial charge in [-0.1, -0.05) is 6.92 Å². The van der Waals surface area contributed by atoms with Crippen LogP contribution in [0, 0.1) is 6.92 Å². The van der Waals surface area contributed by atoms with Crippen molar-refractivity contribution in [2.75, 3.05) is 13.1 Å². The number of carboxylic acids is 1. The van der Waals surface area contributed by atoms with Crippen molar-refractivity contribution >= 4 is 11.9 Å². The first-order valence-corrected chi connectivity index (χ1v) is 5.21. The van der Waals surface area contributed by atoms with Gasteiger partial charge in [0.05, 0.1) is 5.56 Å². The van der Waals surface area contributed by atoms with Crippen molar-refractivity contribution in [2.45, 2.75) is 20.3 Å². The maximum absolute atomic E-state index is 12.0. The van der Waals surface area contributed by atoms with E-state index >= 15 is 0 Å². The molecule has 0 spiro atoms. The molecular weight excluding hydrogens is 208 g/mol. The molecule has 0 aliphatic rings. The number of nitrogens with zero attached hydrogens (tertiary/aromatic N) is 1. The van der Waals surface area contributed by atoms with Crippen LogP contribution in [0.3, 0.4) is 0 Å². The summed E-state index contributed by atoms with van der Waals surface area (Å²) in [4.78, 5) is 26.9. The Morgan fingerprint density at radius 2 is 2.19 bits per heavy atom. The van der Waals surface area contributed by atoms with Gasteiger partial charge in [-0.2, -0.15) is 0 Å². The Bertz CT molecular complexity index is 384. The minimum absolute atomic E-state index is 0.233. The van der Waals surface area contributed by atoms with E-state index < -0.39 is 5.97 Å². The monoisotopic (exact) mass is 224 g/mol. The van der Waals surface area contributed by atoms with Gasteiger partial charge in [0.15, 0.2) is 0 Å². The number of aromatic nitrogens is 1. The lowest BCUT2D eigenvalue weighted by Gasteiger charge is -2.19. The summed E-state index contributed by atoms with van der Waals surface area (Å²) in [5.74, 6) is -1.22. The molecular formula is C11H16N2O3. The molecule has 5 heteroatoms. The van der Waals surface area contributed by atoms with Crippen LogP contribution in [0.15, 0.2) is 12.3 Å². The average molecular weight is 224 g/mol. The number of nitrogens with one attached hydrogen (secondary N) is 1. The van der Waals surface area contributed by atoms with Gasteiger partial charge in [0.1, 0.15) is 6.54 Å². The number of rotatable bonds is 5. The van der Waals surface area contributed by atoms with Gasteiger partial charge in [0, 0.05) is 18.4 Å². The van der Waals surface area contributed by atoms with Gasteiger partial charge in [-0.05, 0) is 19.4 Å². The fourth-order valence-corrected chi connectivity index (χ4v) is 1.54. The van der Waals surface area contributed by atoms with E-state index in [1.807, 2.05) is 6.92 Å². The van der Waals surface area contributed by atoms with Gasteiger partial charge in [0.2, 0.25) is 0 Å². The summed E-state index contributed by atoms with van der Waals surface area (Å²) in [7, 11) is 0. The van der Waals surface area contributed by atoms with Gasteiger partial charge < -0.3 is 15.0 Å². The molecule has 1 aromatic rings. The molecule has 0 fully saturated rings. The van der Waals surface area contributed by atoms with Crippen LogP contribution in [0.4, 0.5) is 0 Å². The molecule has 0 aliphatic heterocycles. The van der Waals surface area contributed by atoms with Gasteiger partial charge in [-0.15, -0.1) is 0 Å². The Morgan fingerprint density at radius 1 is 1.50 bits per heavy atom. The molecule has 1 heterocycles. The van der Waals surface area contributed by atoms with Crippen LogP contribution < -0.4 is 0 Å². The second-order valence-corrected chi connectivity index (χ2v) is 3.64. The number of H-pyrrole nitrogens is 1. The Morgan fingerprint density at radius 3 is 2.62 bits per heavy atom. The summed E-state index contributed by atoms with van der Waals surface area (Å²) in [5, 5.41) is 8.72. The average Bonchev–Trinajstić information content (AvgIpc) is 2.62. The standard InChI is InChI=1S/C11H16N2O3/c1-3-6-13(7-10(14)15)11(16)9-4-5-12-8(9)2/h4-5,12H,3,6-7H2,1-2H3,(H,14,15). The van der Waals surface area contributed by atoms with E-state index in [4.69, 9.17) is 5.11 Å². The smallest absolute Gasteiger partial charge is 0.323 e. The number of aliphatic carboxylic acids is 1. The maximum atomic E-state index is 12.0. The van der Waals surface area contributed by atoms with Gasteiger partial charge in [-0.25, -0.2) is 0 Å². The summed E-state index contributed by atoms with van der Waals surface area (Å²) in [5.41, 5.74) is 1.30. The number of carbonyl (C=O) groups is 2. The van der Waals surface area contributed by atoms with E-state index in [0.29, 0.717) is 12.1 Å². The fourth-order valence-electron chi connectivity index (χ4n) is 1.54. The summed E-state index contributed by atoms with van der Waals surface area (Å²) < 4.78 is 0. The highest BCUT2D eigenvalue weighted by atomic mass is 16.4. The van der Waals surface area contributed by atoms with Crippen molar-refractivity contribution in [2.24, 2.45) is 0 Å². The van der Waals surface area contributed by atoms with Crippen LogP contribution >= 0.6 is 0 Å². The number of carbonyl (C=O) groups excluding carboxylic acids is 1. The molecule has 0 aliphatic carbocycles. The first-order chi connectivity index (χ1) is 7.56. The van der Waals surface area contributed by atoms with Crippen LogP contribution in [-0.2, 0) is 4.79 Å². The number of carboxylic acid groups (broad SMARTS) is 1. The third kappa shape index (κ3) is 2.85. The van der Waals surface area contributed by atoms with Crippen LogP contribution in [-0.4, -0.2) is 40.0 Å². The summed E-state index contributed by atoms with van der Waals surface area (Å²) in [6, 6.07) is 1.67. The molecule has 0 saturated heterocycles. The largest absolute Gasteiger partial charge is 0.480 e.